The van der Waals surface area contributed by atoms with Gasteiger partial charge in [-0.1, -0.05) is 6.07 Å². The highest BCUT2D eigenvalue weighted by Crippen LogP contribution is 2.25. The molecule has 2 aromatic rings. The first-order valence-electron chi connectivity index (χ1n) is 6.79. The van der Waals surface area contributed by atoms with Gasteiger partial charge in [0.05, 0.1) is 13.7 Å². The van der Waals surface area contributed by atoms with Gasteiger partial charge in [0.1, 0.15) is 5.75 Å². The Labute approximate surface area is 122 Å². The molecule has 1 N–H and O–H groups in total. The van der Waals surface area contributed by atoms with Crippen molar-refractivity contribution in [1.82, 2.24) is 10.3 Å². The van der Waals surface area contributed by atoms with Gasteiger partial charge in [-0.25, -0.2) is 4.98 Å². The fourth-order valence-electron chi connectivity index (χ4n) is 2.25. The Bertz CT molecular complexity index is 653. The number of benzene rings is 1. The summed E-state index contributed by atoms with van der Waals surface area (Å²) in [5.41, 5.74) is 2.67. The molecule has 0 aliphatic carbocycles. The number of hydrogen-bond acceptors (Lipinski definition) is 4. The molecule has 1 aromatic heterocycles. The van der Waals surface area contributed by atoms with Crippen molar-refractivity contribution in [1.29, 1.82) is 0 Å². The highest BCUT2D eigenvalue weighted by atomic mass is 16.5. The first-order chi connectivity index (χ1) is 10.3. The molecule has 0 atom stereocenters. The second-order valence-electron chi connectivity index (χ2n) is 4.81. The number of hydrogen-bond donors (Lipinski definition) is 1. The van der Waals surface area contributed by atoms with E-state index in [1.807, 2.05) is 18.2 Å². The number of nitrogens with one attached hydrogen (secondary N) is 1. The maximum atomic E-state index is 12.1. The van der Waals surface area contributed by atoms with Crippen molar-refractivity contribution in [2.45, 2.75) is 13.0 Å². The van der Waals surface area contributed by atoms with Crippen LogP contribution in [0.5, 0.6) is 11.6 Å². The summed E-state index contributed by atoms with van der Waals surface area (Å²) in [7, 11) is 1.57. The lowest BCUT2D eigenvalue weighted by Crippen LogP contribution is -2.22. The Hall–Kier alpha value is -2.56. The van der Waals surface area contributed by atoms with Crippen molar-refractivity contribution >= 4 is 5.91 Å². The summed E-state index contributed by atoms with van der Waals surface area (Å²) >= 11 is 0. The molecule has 0 saturated carbocycles. The molecule has 21 heavy (non-hydrogen) atoms. The van der Waals surface area contributed by atoms with Crippen LogP contribution in [0.4, 0.5) is 0 Å². The zero-order chi connectivity index (χ0) is 14.7. The average Bonchev–Trinajstić information content (AvgIpc) is 3.00. The minimum Gasteiger partial charge on any atom is -0.493 e. The predicted molar refractivity (Wildman–Crippen MR) is 77.6 cm³/mol. The lowest BCUT2D eigenvalue weighted by molar-refractivity contribution is 0.0951. The lowest BCUT2D eigenvalue weighted by atomic mass is 10.1. The van der Waals surface area contributed by atoms with E-state index in [1.165, 1.54) is 0 Å². The van der Waals surface area contributed by atoms with Gasteiger partial charge >= 0.3 is 0 Å². The van der Waals surface area contributed by atoms with Crippen molar-refractivity contribution in [3.8, 4) is 11.6 Å². The normalized spacial score (nSPS) is 12.4. The Kier molecular flexibility index (Phi) is 3.73. The summed E-state index contributed by atoms with van der Waals surface area (Å²) in [4.78, 5) is 16.2. The summed E-state index contributed by atoms with van der Waals surface area (Å²) in [6, 6.07) is 9.18. The third kappa shape index (κ3) is 2.97. The topological polar surface area (TPSA) is 60.5 Å². The largest absolute Gasteiger partial charge is 0.493 e. The maximum Gasteiger partial charge on any atom is 0.251 e. The van der Waals surface area contributed by atoms with Crippen LogP contribution in [0.15, 0.2) is 36.5 Å². The van der Waals surface area contributed by atoms with Gasteiger partial charge in [0.2, 0.25) is 5.88 Å². The van der Waals surface area contributed by atoms with Crippen LogP contribution in [0.1, 0.15) is 21.5 Å². The van der Waals surface area contributed by atoms with E-state index >= 15 is 0 Å². The number of carbonyl (C=O) groups excluding carboxylic acids is 1. The zero-order valence-electron chi connectivity index (χ0n) is 11.8. The maximum absolute atomic E-state index is 12.1. The molecule has 0 spiro atoms. The summed E-state index contributed by atoms with van der Waals surface area (Å²) in [5.74, 6) is 1.34. The Balaban J connectivity index is 1.63. The molecule has 5 nitrogen and oxygen atoms in total. The number of nitrogens with zero attached hydrogens (tertiary/aromatic N) is 1. The Morgan fingerprint density at radius 1 is 1.38 bits per heavy atom. The molecule has 0 bridgehead atoms. The van der Waals surface area contributed by atoms with Gasteiger partial charge in [-0.3, -0.25) is 4.79 Å². The van der Waals surface area contributed by atoms with E-state index < -0.39 is 0 Å². The Morgan fingerprint density at radius 2 is 2.29 bits per heavy atom. The van der Waals surface area contributed by atoms with Crippen molar-refractivity contribution < 1.29 is 14.3 Å². The number of pyridine rings is 1. The van der Waals surface area contributed by atoms with Crippen molar-refractivity contribution in [2.24, 2.45) is 0 Å². The van der Waals surface area contributed by atoms with Crippen LogP contribution in [0.3, 0.4) is 0 Å². The number of methoxy groups -OCH3 is 1. The molecule has 0 radical (unpaired) electrons. The molecular formula is C16H16N2O3. The number of amides is 1. The van der Waals surface area contributed by atoms with Crippen LogP contribution >= 0.6 is 0 Å². The van der Waals surface area contributed by atoms with Crippen LogP contribution in [0, 0.1) is 0 Å². The lowest BCUT2D eigenvalue weighted by Gasteiger charge is -2.07. The van der Waals surface area contributed by atoms with Crippen LogP contribution in [-0.4, -0.2) is 24.6 Å². The monoisotopic (exact) mass is 284 g/mol. The van der Waals surface area contributed by atoms with Crippen LogP contribution in [0.2, 0.25) is 0 Å². The Morgan fingerprint density at radius 3 is 3.05 bits per heavy atom. The third-order valence-electron chi connectivity index (χ3n) is 3.41. The first kappa shape index (κ1) is 13.4. The van der Waals surface area contributed by atoms with Gasteiger partial charge in [-0.15, -0.1) is 0 Å². The standard InChI is InChI=1S/C16H16N2O3/c1-20-15-5-2-11(9-17-15)10-18-16(19)13-3-4-14-12(8-13)6-7-21-14/h2-5,8-9H,6-7,10H2,1H3,(H,18,19). The molecule has 0 unspecified atom stereocenters. The molecule has 5 heteroatoms. The van der Waals surface area contributed by atoms with E-state index in [4.69, 9.17) is 9.47 Å². The molecule has 1 aliphatic rings. The molecule has 108 valence electrons. The van der Waals surface area contributed by atoms with E-state index in [1.54, 1.807) is 25.4 Å². The molecular weight excluding hydrogens is 268 g/mol. The number of aromatic nitrogens is 1. The van der Waals surface area contributed by atoms with E-state index in [9.17, 15) is 4.79 Å². The van der Waals surface area contributed by atoms with Crippen molar-refractivity contribution in [2.75, 3.05) is 13.7 Å². The number of fused-ring (bicyclic) bond motifs is 1. The predicted octanol–water partition coefficient (Wildman–Crippen LogP) is 1.96. The summed E-state index contributed by atoms with van der Waals surface area (Å²) < 4.78 is 10.4. The van der Waals surface area contributed by atoms with Crippen molar-refractivity contribution in [3.63, 3.8) is 0 Å². The van der Waals surface area contributed by atoms with E-state index in [0.717, 1.165) is 23.3 Å². The van der Waals surface area contributed by atoms with E-state index in [-0.39, 0.29) is 5.91 Å². The van der Waals surface area contributed by atoms with Crippen molar-refractivity contribution in [3.05, 3.63) is 53.2 Å². The molecule has 1 aromatic carbocycles. The van der Waals surface area contributed by atoms with Gasteiger partial charge in [-0.05, 0) is 29.3 Å². The van der Waals surface area contributed by atoms with Crippen LogP contribution in [-0.2, 0) is 13.0 Å². The zero-order valence-corrected chi connectivity index (χ0v) is 11.8. The summed E-state index contributed by atoms with van der Waals surface area (Å²) in [6.07, 6.45) is 2.55. The van der Waals surface area contributed by atoms with Gasteiger partial charge in [-0.2, -0.15) is 0 Å². The number of rotatable bonds is 4. The molecule has 1 aliphatic heterocycles. The summed E-state index contributed by atoms with van der Waals surface area (Å²) in [5, 5.41) is 2.88. The molecule has 0 fully saturated rings. The molecule has 3 rings (SSSR count). The van der Waals surface area contributed by atoms with Crippen LogP contribution < -0.4 is 14.8 Å². The minimum absolute atomic E-state index is 0.0967. The van der Waals surface area contributed by atoms with E-state index in [0.29, 0.717) is 24.6 Å². The summed E-state index contributed by atoms with van der Waals surface area (Å²) in [6.45, 7) is 1.13. The van der Waals surface area contributed by atoms with Gasteiger partial charge in [0.15, 0.2) is 0 Å². The molecule has 2 heterocycles. The van der Waals surface area contributed by atoms with Gasteiger partial charge < -0.3 is 14.8 Å². The molecule has 1 amide bonds. The molecule has 0 saturated heterocycles. The number of carbonyl (C=O) groups is 1. The second-order valence-corrected chi connectivity index (χ2v) is 4.81. The minimum atomic E-state index is -0.0967. The average molecular weight is 284 g/mol. The highest BCUT2D eigenvalue weighted by Gasteiger charge is 2.14. The number of ether oxygens (including phenoxy) is 2. The fraction of sp³-hybridized carbons (Fsp3) is 0.250. The fourth-order valence-corrected chi connectivity index (χ4v) is 2.25. The first-order valence-corrected chi connectivity index (χ1v) is 6.79. The highest BCUT2D eigenvalue weighted by molar-refractivity contribution is 5.94. The smallest absolute Gasteiger partial charge is 0.251 e. The van der Waals surface area contributed by atoms with Gasteiger partial charge in [0, 0.05) is 30.8 Å². The second kappa shape index (κ2) is 5.83. The third-order valence-corrected chi connectivity index (χ3v) is 3.41. The van der Waals surface area contributed by atoms with Crippen LogP contribution in [0.25, 0.3) is 0 Å². The SMILES string of the molecule is COc1ccc(CNC(=O)c2ccc3c(c2)CCO3)cn1. The van der Waals surface area contributed by atoms with Gasteiger partial charge in [0.25, 0.3) is 5.91 Å². The van der Waals surface area contributed by atoms with E-state index in [2.05, 4.69) is 10.3 Å². The quantitative estimate of drug-likeness (QED) is 0.932.